The van der Waals surface area contributed by atoms with Crippen molar-refractivity contribution in [2.45, 2.75) is 0 Å². The van der Waals surface area contributed by atoms with Gasteiger partial charge in [-0.15, -0.1) is 0 Å². The van der Waals surface area contributed by atoms with E-state index in [1.54, 1.807) is 0 Å². The van der Waals surface area contributed by atoms with Gasteiger partial charge in [-0.25, -0.2) is 9.69 Å². The molecule has 0 bridgehead atoms. The van der Waals surface area contributed by atoms with Gasteiger partial charge in [0.15, 0.2) is 0 Å². The van der Waals surface area contributed by atoms with Gasteiger partial charge in [-0.3, -0.25) is 25.0 Å². The second kappa shape index (κ2) is 7.18. The summed E-state index contributed by atoms with van der Waals surface area (Å²) in [6.07, 6.45) is 1.22. The van der Waals surface area contributed by atoms with Crippen LogP contribution in [0, 0.1) is 10.1 Å². The number of hydrogen-bond acceptors (Lipinski definition) is 5. The molecule has 3 rings (SSSR count). The summed E-state index contributed by atoms with van der Waals surface area (Å²) in [5, 5.41) is 13.5. The van der Waals surface area contributed by atoms with Crippen LogP contribution in [0.15, 0.2) is 48.0 Å². The lowest BCUT2D eigenvalue weighted by molar-refractivity contribution is -0.384. The highest BCUT2D eigenvalue weighted by Crippen LogP contribution is 2.27. The summed E-state index contributed by atoms with van der Waals surface area (Å²) in [5.74, 6) is -1.84. The number of anilines is 1. The zero-order valence-electron chi connectivity index (χ0n) is 13.3. The number of nitrogens with zero attached hydrogens (tertiary/aromatic N) is 2. The lowest BCUT2D eigenvalue weighted by Gasteiger charge is -2.26. The van der Waals surface area contributed by atoms with E-state index in [-0.39, 0.29) is 22.0 Å². The Morgan fingerprint density at radius 1 is 1.07 bits per heavy atom. The number of rotatable bonds is 3. The minimum Gasteiger partial charge on any atom is -0.273 e. The minimum atomic E-state index is -1.01. The first-order chi connectivity index (χ1) is 12.8. The second-order valence-electron chi connectivity index (χ2n) is 5.40. The van der Waals surface area contributed by atoms with Crippen LogP contribution in [0.4, 0.5) is 16.2 Å². The Hall–Kier alpha value is -3.23. The van der Waals surface area contributed by atoms with Crippen LogP contribution >= 0.6 is 23.2 Å². The lowest BCUT2D eigenvalue weighted by atomic mass is 10.1. The Morgan fingerprint density at radius 2 is 1.81 bits per heavy atom. The van der Waals surface area contributed by atoms with Crippen molar-refractivity contribution in [3.63, 3.8) is 0 Å². The highest BCUT2D eigenvalue weighted by atomic mass is 35.5. The van der Waals surface area contributed by atoms with E-state index in [0.29, 0.717) is 15.5 Å². The van der Waals surface area contributed by atoms with Crippen LogP contribution in [0.1, 0.15) is 5.56 Å². The molecule has 27 heavy (non-hydrogen) atoms. The van der Waals surface area contributed by atoms with Crippen molar-refractivity contribution >= 4 is 58.5 Å². The molecular weight excluding hydrogens is 397 g/mol. The molecule has 4 amide bonds. The smallest absolute Gasteiger partial charge is 0.273 e. The third kappa shape index (κ3) is 3.67. The van der Waals surface area contributed by atoms with Crippen molar-refractivity contribution in [2.24, 2.45) is 0 Å². The Bertz CT molecular complexity index is 1030. The third-order valence-electron chi connectivity index (χ3n) is 3.66. The van der Waals surface area contributed by atoms with Gasteiger partial charge in [0.05, 0.1) is 10.6 Å². The number of amides is 4. The quantitative estimate of drug-likeness (QED) is 0.363. The predicted molar refractivity (Wildman–Crippen MR) is 98.6 cm³/mol. The number of nitro benzene ring substituents is 1. The third-order valence-corrected chi connectivity index (χ3v) is 4.23. The maximum Gasteiger partial charge on any atom is 0.335 e. The number of non-ortho nitro benzene ring substituents is 1. The lowest BCUT2D eigenvalue weighted by Crippen LogP contribution is -2.54. The van der Waals surface area contributed by atoms with Crippen molar-refractivity contribution in [3.8, 4) is 0 Å². The number of nitro groups is 1. The second-order valence-corrected chi connectivity index (χ2v) is 6.24. The molecule has 1 heterocycles. The van der Waals surface area contributed by atoms with Gasteiger partial charge < -0.3 is 0 Å². The Balaban J connectivity index is 2.05. The van der Waals surface area contributed by atoms with Gasteiger partial charge in [0.2, 0.25) is 0 Å². The van der Waals surface area contributed by atoms with Crippen LogP contribution in [-0.4, -0.2) is 22.8 Å². The molecule has 8 nitrogen and oxygen atoms in total. The molecule has 1 fully saturated rings. The van der Waals surface area contributed by atoms with Crippen LogP contribution in [0.2, 0.25) is 10.0 Å². The molecule has 0 aromatic heterocycles. The van der Waals surface area contributed by atoms with E-state index < -0.39 is 22.8 Å². The zero-order chi connectivity index (χ0) is 19.7. The Labute approximate surface area is 162 Å². The van der Waals surface area contributed by atoms with Crippen molar-refractivity contribution in [1.29, 1.82) is 0 Å². The van der Waals surface area contributed by atoms with Crippen LogP contribution < -0.4 is 10.2 Å². The normalized spacial score (nSPS) is 15.9. The standard InChI is InChI=1S/C17H9Cl2N3O5/c18-10-5-4-9(14(19)7-10)6-13-15(23)20-17(25)21(16(13)24)11-2-1-3-12(8-11)22(26)27/h1-8H,(H,20,23,25)/b13-6+. The number of halogens is 2. The topological polar surface area (TPSA) is 110 Å². The molecule has 10 heteroatoms. The van der Waals surface area contributed by atoms with Crippen LogP contribution in [0.25, 0.3) is 6.08 Å². The van der Waals surface area contributed by atoms with Crippen LogP contribution in [0.5, 0.6) is 0 Å². The highest BCUT2D eigenvalue weighted by Gasteiger charge is 2.37. The fraction of sp³-hybridized carbons (Fsp3) is 0. The van der Waals surface area contributed by atoms with E-state index in [1.807, 2.05) is 5.32 Å². The number of barbiturate groups is 1. The highest BCUT2D eigenvalue weighted by molar-refractivity contribution is 6.40. The van der Waals surface area contributed by atoms with E-state index in [0.717, 1.165) is 6.07 Å². The van der Waals surface area contributed by atoms with E-state index in [2.05, 4.69) is 0 Å². The maximum atomic E-state index is 12.7. The summed E-state index contributed by atoms with van der Waals surface area (Å²) >= 11 is 11.9. The molecular formula is C17H9Cl2N3O5. The number of imide groups is 2. The number of urea groups is 1. The summed E-state index contributed by atoms with van der Waals surface area (Å²) < 4.78 is 0. The maximum absolute atomic E-state index is 12.7. The molecule has 1 aliphatic rings. The molecule has 0 radical (unpaired) electrons. The monoisotopic (exact) mass is 405 g/mol. The first kappa shape index (κ1) is 18.6. The number of nitrogens with one attached hydrogen (secondary N) is 1. The molecule has 0 aliphatic carbocycles. The van der Waals surface area contributed by atoms with Crippen molar-refractivity contribution in [3.05, 3.63) is 73.8 Å². The summed E-state index contributed by atoms with van der Waals surface area (Å²) in [6, 6.07) is 8.39. The van der Waals surface area contributed by atoms with Gasteiger partial charge in [-0.2, -0.15) is 0 Å². The average Bonchev–Trinajstić information content (AvgIpc) is 2.60. The Morgan fingerprint density at radius 3 is 2.48 bits per heavy atom. The van der Waals surface area contributed by atoms with Crippen LogP contribution in [0.3, 0.4) is 0 Å². The number of carbonyl (C=O) groups is 3. The first-order valence-corrected chi connectivity index (χ1v) is 8.14. The number of carbonyl (C=O) groups excluding carboxylic acids is 3. The molecule has 1 saturated heterocycles. The van der Waals surface area contributed by atoms with Crippen molar-refractivity contribution in [1.82, 2.24) is 5.32 Å². The van der Waals surface area contributed by atoms with Crippen molar-refractivity contribution in [2.75, 3.05) is 4.90 Å². The first-order valence-electron chi connectivity index (χ1n) is 7.39. The van der Waals surface area contributed by atoms with E-state index in [1.165, 1.54) is 42.5 Å². The van der Waals surface area contributed by atoms with Crippen LogP contribution in [-0.2, 0) is 9.59 Å². The molecule has 2 aromatic rings. The fourth-order valence-electron chi connectivity index (χ4n) is 2.41. The van der Waals surface area contributed by atoms with Gasteiger partial charge in [0.25, 0.3) is 17.5 Å². The number of benzene rings is 2. The largest absolute Gasteiger partial charge is 0.335 e. The molecule has 0 spiro atoms. The van der Waals surface area contributed by atoms with E-state index >= 15 is 0 Å². The fourth-order valence-corrected chi connectivity index (χ4v) is 2.87. The number of hydrogen-bond donors (Lipinski definition) is 1. The molecule has 0 unspecified atom stereocenters. The molecule has 0 atom stereocenters. The van der Waals surface area contributed by atoms with Gasteiger partial charge in [-0.1, -0.05) is 35.3 Å². The van der Waals surface area contributed by atoms with E-state index in [4.69, 9.17) is 23.2 Å². The molecule has 2 aromatic carbocycles. The molecule has 136 valence electrons. The molecule has 0 saturated carbocycles. The minimum absolute atomic E-state index is 0.0488. The van der Waals surface area contributed by atoms with E-state index in [9.17, 15) is 24.5 Å². The summed E-state index contributed by atoms with van der Waals surface area (Å²) in [6.45, 7) is 0. The predicted octanol–water partition coefficient (Wildman–Crippen LogP) is 3.57. The molecule has 1 N–H and O–H groups in total. The summed E-state index contributed by atoms with van der Waals surface area (Å²) in [7, 11) is 0. The van der Waals surface area contributed by atoms with Gasteiger partial charge in [0, 0.05) is 22.2 Å². The SMILES string of the molecule is O=C1NC(=O)N(c2cccc([N+](=O)[O-])c2)C(=O)/C1=C/c1ccc(Cl)cc1Cl. The molecule has 1 aliphatic heterocycles. The Kier molecular flexibility index (Phi) is 4.93. The summed E-state index contributed by atoms with van der Waals surface area (Å²) in [4.78, 5) is 47.9. The average molecular weight is 406 g/mol. The van der Waals surface area contributed by atoms with Gasteiger partial charge in [-0.05, 0) is 29.8 Å². The van der Waals surface area contributed by atoms with Gasteiger partial charge >= 0.3 is 6.03 Å². The van der Waals surface area contributed by atoms with Gasteiger partial charge in [0.1, 0.15) is 5.57 Å². The zero-order valence-corrected chi connectivity index (χ0v) is 14.8. The van der Waals surface area contributed by atoms with Crippen molar-refractivity contribution < 1.29 is 19.3 Å². The summed E-state index contributed by atoms with van der Waals surface area (Å²) in [5.41, 5.74) is -0.373.